The first-order valence-electron chi connectivity index (χ1n) is 6.95. The molecule has 1 atom stereocenters. The Morgan fingerprint density at radius 1 is 1.27 bits per heavy atom. The molecule has 2 N–H and O–H groups in total. The molecule has 1 heterocycles. The summed E-state index contributed by atoms with van der Waals surface area (Å²) < 4.78 is 32.1. The SMILES string of the molecule is CCOc1ccc(S(=O)(=O)NCC[C@@H](O)c2ccsc2)cc1. The third-order valence-corrected chi connectivity index (χ3v) is 5.26. The highest BCUT2D eigenvalue weighted by atomic mass is 32.2. The minimum absolute atomic E-state index is 0.173. The van der Waals surface area contributed by atoms with Crippen LogP contribution in [0.5, 0.6) is 5.75 Å². The van der Waals surface area contributed by atoms with E-state index >= 15 is 0 Å². The lowest BCUT2D eigenvalue weighted by Gasteiger charge is -2.11. The van der Waals surface area contributed by atoms with Crippen molar-refractivity contribution in [3.8, 4) is 5.75 Å². The minimum atomic E-state index is -3.57. The Hall–Kier alpha value is -1.41. The Bertz CT molecular complexity index is 666. The molecule has 22 heavy (non-hydrogen) atoms. The summed E-state index contributed by atoms with van der Waals surface area (Å²) in [5.41, 5.74) is 0.810. The normalized spacial score (nSPS) is 13.0. The summed E-state index contributed by atoms with van der Waals surface area (Å²) in [6.45, 7) is 2.57. The summed E-state index contributed by atoms with van der Waals surface area (Å²) in [6.07, 6.45) is -0.332. The van der Waals surface area contributed by atoms with Crippen molar-refractivity contribution in [2.75, 3.05) is 13.2 Å². The lowest BCUT2D eigenvalue weighted by molar-refractivity contribution is 0.169. The van der Waals surface area contributed by atoms with Gasteiger partial charge in [0, 0.05) is 6.54 Å². The number of benzene rings is 1. The fourth-order valence-corrected chi connectivity index (χ4v) is 3.68. The molecule has 0 saturated heterocycles. The van der Waals surface area contributed by atoms with Crippen LogP contribution in [0.3, 0.4) is 0 Å². The lowest BCUT2D eigenvalue weighted by atomic mass is 10.1. The molecule has 0 unspecified atom stereocenters. The van der Waals surface area contributed by atoms with E-state index in [2.05, 4.69) is 4.72 Å². The Morgan fingerprint density at radius 3 is 2.59 bits per heavy atom. The van der Waals surface area contributed by atoms with Crippen LogP contribution in [-0.4, -0.2) is 26.7 Å². The van der Waals surface area contributed by atoms with Gasteiger partial charge in [-0.25, -0.2) is 13.1 Å². The van der Waals surface area contributed by atoms with Crippen LogP contribution >= 0.6 is 11.3 Å². The zero-order chi connectivity index (χ0) is 16.0. The van der Waals surface area contributed by atoms with Crippen molar-refractivity contribution in [1.29, 1.82) is 0 Å². The number of thiophene rings is 1. The van der Waals surface area contributed by atoms with E-state index in [9.17, 15) is 13.5 Å². The van der Waals surface area contributed by atoms with E-state index < -0.39 is 16.1 Å². The summed E-state index contributed by atoms with van der Waals surface area (Å²) in [5, 5.41) is 13.7. The summed E-state index contributed by atoms with van der Waals surface area (Å²) in [5.74, 6) is 0.634. The van der Waals surface area contributed by atoms with Crippen molar-refractivity contribution in [3.63, 3.8) is 0 Å². The molecule has 0 bridgehead atoms. The number of hydrogen-bond acceptors (Lipinski definition) is 5. The first-order chi connectivity index (χ1) is 10.5. The van der Waals surface area contributed by atoms with Crippen molar-refractivity contribution in [3.05, 3.63) is 46.7 Å². The molecule has 0 radical (unpaired) electrons. The van der Waals surface area contributed by atoms with E-state index in [0.29, 0.717) is 18.8 Å². The number of nitrogens with one attached hydrogen (secondary N) is 1. The minimum Gasteiger partial charge on any atom is -0.494 e. The molecule has 0 aliphatic carbocycles. The average Bonchev–Trinajstić information content (AvgIpc) is 3.02. The Balaban J connectivity index is 1.90. The van der Waals surface area contributed by atoms with Crippen molar-refractivity contribution in [1.82, 2.24) is 4.72 Å². The second-order valence-electron chi connectivity index (χ2n) is 4.66. The average molecular weight is 341 g/mol. The first kappa shape index (κ1) is 17.0. The second kappa shape index (κ2) is 7.73. The van der Waals surface area contributed by atoms with Gasteiger partial charge in [-0.05, 0) is 60.0 Å². The Kier molecular flexibility index (Phi) is 5.96. The third kappa shape index (κ3) is 4.54. The van der Waals surface area contributed by atoms with Gasteiger partial charge in [-0.2, -0.15) is 11.3 Å². The standard InChI is InChI=1S/C15H19NO4S2/c1-2-20-13-3-5-14(6-4-13)22(18,19)16-9-7-15(17)12-8-10-21-11-12/h3-6,8,10-11,15-17H,2,7,9H2,1H3/t15-/m1/s1. The maximum atomic E-state index is 12.1. The highest BCUT2D eigenvalue weighted by molar-refractivity contribution is 7.89. The van der Waals surface area contributed by atoms with Crippen LogP contribution in [0.4, 0.5) is 0 Å². The zero-order valence-corrected chi connectivity index (χ0v) is 13.9. The van der Waals surface area contributed by atoms with Crippen LogP contribution in [0.2, 0.25) is 0 Å². The maximum Gasteiger partial charge on any atom is 0.240 e. The van der Waals surface area contributed by atoms with Crippen LogP contribution in [0.25, 0.3) is 0 Å². The molecule has 0 aliphatic rings. The van der Waals surface area contributed by atoms with Crippen molar-refractivity contribution in [2.24, 2.45) is 0 Å². The largest absolute Gasteiger partial charge is 0.494 e. The van der Waals surface area contributed by atoms with E-state index in [1.165, 1.54) is 23.5 Å². The zero-order valence-electron chi connectivity index (χ0n) is 12.2. The van der Waals surface area contributed by atoms with Crippen molar-refractivity contribution < 1.29 is 18.3 Å². The molecule has 0 amide bonds. The molecule has 0 saturated carbocycles. The molecule has 1 aromatic heterocycles. The molecular weight excluding hydrogens is 322 g/mol. The molecule has 7 heteroatoms. The molecule has 0 fully saturated rings. The van der Waals surface area contributed by atoms with Gasteiger partial charge in [0.1, 0.15) is 5.75 Å². The fraction of sp³-hybridized carbons (Fsp3) is 0.333. The number of aliphatic hydroxyl groups excluding tert-OH is 1. The second-order valence-corrected chi connectivity index (χ2v) is 7.21. The number of rotatable bonds is 8. The van der Waals surface area contributed by atoms with Crippen molar-refractivity contribution in [2.45, 2.75) is 24.3 Å². The molecular formula is C15H19NO4S2. The molecule has 0 spiro atoms. The summed E-state index contributed by atoms with van der Waals surface area (Å²) in [7, 11) is -3.57. The van der Waals surface area contributed by atoms with Gasteiger partial charge in [-0.3, -0.25) is 0 Å². The van der Waals surface area contributed by atoms with Gasteiger partial charge in [0.2, 0.25) is 10.0 Å². The first-order valence-corrected chi connectivity index (χ1v) is 9.38. The van der Waals surface area contributed by atoms with Gasteiger partial charge in [-0.1, -0.05) is 0 Å². The summed E-state index contributed by atoms with van der Waals surface area (Å²) in [6, 6.07) is 8.08. The molecule has 2 rings (SSSR count). The number of ether oxygens (including phenoxy) is 1. The highest BCUT2D eigenvalue weighted by Gasteiger charge is 2.15. The van der Waals surface area contributed by atoms with E-state index in [1.807, 2.05) is 23.8 Å². The Labute approximate surface area is 134 Å². The van der Waals surface area contributed by atoms with Gasteiger partial charge in [0.15, 0.2) is 0 Å². The van der Waals surface area contributed by atoms with Crippen LogP contribution in [-0.2, 0) is 10.0 Å². The van der Waals surface area contributed by atoms with E-state index in [0.717, 1.165) is 5.56 Å². The van der Waals surface area contributed by atoms with Gasteiger partial charge in [0.05, 0.1) is 17.6 Å². The third-order valence-electron chi connectivity index (χ3n) is 3.08. The smallest absolute Gasteiger partial charge is 0.240 e. The predicted molar refractivity (Wildman–Crippen MR) is 86.7 cm³/mol. The molecule has 5 nitrogen and oxygen atoms in total. The number of hydrogen-bond donors (Lipinski definition) is 2. The quantitative estimate of drug-likeness (QED) is 0.774. The van der Waals surface area contributed by atoms with Crippen LogP contribution < -0.4 is 9.46 Å². The monoisotopic (exact) mass is 341 g/mol. The van der Waals surface area contributed by atoms with E-state index in [-0.39, 0.29) is 11.4 Å². The van der Waals surface area contributed by atoms with E-state index in [1.54, 1.807) is 12.1 Å². The number of sulfonamides is 1. The topological polar surface area (TPSA) is 75.6 Å². The maximum absolute atomic E-state index is 12.1. The van der Waals surface area contributed by atoms with Gasteiger partial charge in [0.25, 0.3) is 0 Å². The fourth-order valence-electron chi connectivity index (χ4n) is 1.93. The number of aliphatic hydroxyl groups is 1. The van der Waals surface area contributed by atoms with Gasteiger partial charge in [-0.15, -0.1) is 0 Å². The predicted octanol–water partition coefficient (Wildman–Crippen LogP) is 2.55. The summed E-state index contributed by atoms with van der Waals surface area (Å²) in [4.78, 5) is 0.181. The van der Waals surface area contributed by atoms with Crippen LogP contribution in [0.15, 0.2) is 46.0 Å². The molecule has 2 aromatic rings. The molecule has 1 aromatic carbocycles. The molecule has 120 valence electrons. The molecule has 0 aliphatic heterocycles. The van der Waals surface area contributed by atoms with Gasteiger partial charge >= 0.3 is 0 Å². The van der Waals surface area contributed by atoms with Gasteiger partial charge < -0.3 is 9.84 Å². The lowest BCUT2D eigenvalue weighted by Crippen LogP contribution is -2.25. The van der Waals surface area contributed by atoms with Crippen LogP contribution in [0.1, 0.15) is 25.0 Å². The summed E-state index contributed by atoms with van der Waals surface area (Å²) >= 11 is 1.50. The van der Waals surface area contributed by atoms with Crippen LogP contribution in [0, 0.1) is 0 Å². The van der Waals surface area contributed by atoms with Crippen molar-refractivity contribution >= 4 is 21.4 Å². The Morgan fingerprint density at radius 2 is 2.00 bits per heavy atom. The highest BCUT2D eigenvalue weighted by Crippen LogP contribution is 2.19. The van der Waals surface area contributed by atoms with E-state index in [4.69, 9.17) is 4.74 Å².